The first kappa shape index (κ1) is 18.7. The Balaban J connectivity index is 2.21. The van der Waals surface area contributed by atoms with Crippen molar-refractivity contribution < 1.29 is 9.18 Å². The van der Waals surface area contributed by atoms with Crippen LogP contribution in [0, 0.1) is 5.82 Å². The minimum absolute atomic E-state index is 0.131. The van der Waals surface area contributed by atoms with Crippen molar-refractivity contribution in [2.45, 2.75) is 0 Å². The van der Waals surface area contributed by atoms with Crippen molar-refractivity contribution in [2.75, 3.05) is 37.4 Å². The molecule has 0 saturated carbocycles. The highest BCUT2D eigenvalue weighted by atomic mass is 79.9. The quantitative estimate of drug-likeness (QED) is 0.760. The largest absolute Gasteiger partial charge is 0.326 e. The molecular weight excluding hydrogens is 397 g/mol. The molecule has 0 heterocycles. The first-order chi connectivity index (χ1) is 11.4. The number of carbonyl (C=O) groups excluding carboxylic acids is 1. The third-order valence-electron chi connectivity index (χ3n) is 3.33. The second-order valence-electron chi connectivity index (χ2n) is 5.49. The molecule has 2 amide bonds. The maximum Gasteiger partial charge on any atom is 0.326 e. The van der Waals surface area contributed by atoms with Gasteiger partial charge in [-0.1, -0.05) is 27.5 Å². The summed E-state index contributed by atoms with van der Waals surface area (Å²) in [6.07, 6.45) is 0. The van der Waals surface area contributed by atoms with E-state index in [1.54, 1.807) is 35.2 Å². The Labute approximate surface area is 154 Å². The average molecular weight is 415 g/mol. The molecule has 0 bridgehead atoms. The molecule has 0 aromatic heterocycles. The van der Waals surface area contributed by atoms with Crippen LogP contribution in [0.4, 0.5) is 20.6 Å². The van der Waals surface area contributed by atoms with E-state index in [1.165, 1.54) is 12.1 Å². The van der Waals surface area contributed by atoms with Crippen molar-refractivity contribution in [3.63, 3.8) is 0 Å². The van der Waals surface area contributed by atoms with Gasteiger partial charge in [0.25, 0.3) is 0 Å². The summed E-state index contributed by atoms with van der Waals surface area (Å²) in [5.41, 5.74) is 0.822. The number of nitrogens with zero attached hydrogens (tertiary/aromatic N) is 2. The van der Waals surface area contributed by atoms with Crippen molar-refractivity contribution in [2.24, 2.45) is 0 Å². The number of amides is 2. The van der Waals surface area contributed by atoms with Crippen LogP contribution in [0.3, 0.4) is 0 Å². The van der Waals surface area contributed by atoms with Crippen LogP contribution >= 0.6 is 27.5 Å². The van der Waals surface area contributed by atoms with E-state index in [4.69, 9.17) is 11.6 Å². The van der Waals surface area contributed by atoms with Crippen LogP contribution in [0.2, 0.25) is 5.02 Å². The molecule has 24 heavy (non-hydrogen) atoms. The molecule has 0 unspecified atom stereocenters. The zero-order valence-electron chi connectivity index (χ0n) is 13.4. The fourth-order valence-electron chi connectivity index (χ4n) is 2.04. The summed E-state index contributed by atoms with van der Waals surface area (Å²) in [4.78, 5) is 16.2. The van der Waals surface area contributed by atoms with Crippen LogP contribution in [0.15, 0.2) is 46.9 Å². The highest BCUT2D eigenvalue weighted by Crippen LogP contribution is 2.22. The van der Waals surface area contributed by atoms with Crippen LogP contribution in [0.1, 0.15) is 0 Å². The van der Waals surface area contributed by atoms with Crippen molar-refractivity contribution in [3.05, 3.63) is 57.8 Å². The van der Waals surface area contributed by atoms with E-state index >= 15 is 0 Å². The second-order valence-corrected chi connectivity index (χ2v) is 6.84. The molecule has 0 aliphatic carbocycles. The summed E-state index contributed by atoms with van der Waals surface area (Å²) in [6, 6.07) is 11.0. The van der Waals surface area contributed by atoms with Crippen LogP contribution < -0.4 is 10.2 Å². The number of anilines is 2. The molecule has 128 valence electrons. The Morgan fingerprint density at radius 2 is 1.83 bits per heavy atom. The highest BCUT2D eigenvalue weighted by molar-refractivity contribution is 9.10. The molecule has 0 fully saturated rings. The minimum atomic E-state index is -0.499. The van der Waals surface area contributed by atoms with Crippen molar-refractivity contribution in [1.29, 1.82) is 0 Å². The van der Waals surface area contributed by atoms with Gasteiger partial charge in [-0.15, -0.1) is 0 Å². The monoisotopic (exact) mass is 413 g/mol. The van der Waals surface area contributed by atoms with Crippen molar-refractivity contribution in [3.8, 4) is 0 Å². The summed E-state index contributed by atoms with van der Waals surface area (Å²) in [5, 5.41) is 3.20. The fraction of sp³-hybridized carbons (Fsp3) is 0.235. The lowest BCUT2D eigenvalue weighted by Gasteiger charge is -2.25. The smallest absolute Gasteiger partial charge is 0.308 e. The highest BCUT2D eigenvalue weighted by Gasteiger charge is 2.17. The Morgan fingerprint density at radius 1 is 1.17 bits per heavy atom. The van der Waals surface area contributed by atoms with Crippen LogP contribution in [-0.4, -0.2) is 38.1 Å². The Morgan fingerprint density at radius 3 is 2.42 bits per heavy atom. The number of hydrogen-bond acceptors (Lipinski definition) is 2. The zero-order chi connectivity index (χ0) is 17.7. The number of halogens is 3. The summed E-state index contributed by atoms with van der Waals surface area (Å²) in [6.45, 7) is 1.12. The molecule has 0 aliphatic rings. The minimum Gasteiger partial charge on any atom is -0.308 e. The summed E-state index contributed by atoms with van der Waals surface area (Å²) in [7, 11) is 3.85. The number of benzene rings is 2. The molecule has 2 rings (SSSR count). The summed E-state index contributed by atoms with van der Waals surface area (Å²) < 4.78 is 14.6. The van der Waals surface area contributed by atoms with Gasteiger partial charge in [0.05, 0.1) is 5.69 Å². The van der Waals surface area contributed by atoms with Gasteiger partial charge in [-0.25, -0.2) is 9.18 Å². The van der Waals surface area contributed by atoms with Gasteiger partial charge in [-0.2, -0.15) is 0 Å². The van der Waals surface area contributed by atoms with Gasteiger partial charge >= 0.3 is 6.03 Å². The third kappa shape index (κ3) is 5.19. The first-order valence-corrected chi connectivity index (χ1v) is 8.48. The maximum atomic E-state index is 14.0. The number of carbonyl (C=O) groups is 1. The van der Waals surface area contributed by atoms with Gasteiger partial charge in [0.2, 0.25) is 0 Å². The van der Waals surface area contributed by atoms with Gasteiger partial charge in [0.1, 0.15) is 5.82 Å². The first-order valence-electron chi connectivity index (χ1n) is 7.30. The molecule has 7 heteroatoms. The average Bonchev–Trinajstić information content (AvgIpc) is 2.51. The zero-order valence-corrected chi connectivity index (χ0v) is 15.7. The van der Waals surface area contributed by atoms with E-state index in [2.05, 4.69) is 21.2 Å². The van der Waals surface area contributed by atoms with Crippen molar-refractivity contribution in [1.82, 2.24) is 4.90 Å². The van der Waals surface area contributed by atoms with E-state index in [0.717, 1.165) is 0 Å². The lowest BCUT2D eigenvalue weighted by atomic mass is 10.2. The molecule has 1 N–H and O–H groups in total. The Bertz CT molecular complexity index is 709. The van der Waals surface area contributed by atoms with E-state index in [0.29, 0.717) is 28.3 Å². The van der Waals surface area contributed by atoms with E-state index in [1.807, 2.05) is 19.0 Å². The summed E-state index contributed by atoms with van der Waals surface area (Å²) in [5.74, 6) is -0.499. The predicted molar refractivity (Wildman–Crippen MR) is 100 cm³/mol. The molecule has 2 aromatic rings. The molecule has 0 radical (unpaired) electrons. The lowest BCUT2D eigenvalue weighted by molar-refractivity contribution is 0.256. The van der Waals surface area contributed by atoms with Gasteiger partial charge < -0.3 is 10.2 Å². The standard InChI is InChI=1S/C17H18BrClFN3O/c1-22(2)9-10-23(14-6-4-13(19)5-7-14)17(24)21-16-8-3-12(18)11-15(16)20/h3-8,11H,9-10H2,1-2H3,(H,21,24). The predicted octanol–water partition coefficient (Wildman–Crippen LogP) is 4.84. The van der Waals surface area contributed by atoms with Gasteiger partial charge in [-0.3, -0.25) is 4.90 Å². The van der Waals surface area contributed by atoms with Crippen LogP contribution in [0.5, 0.6) is 0 Å². The molecular formula is C17H18BrClFN3O. The number of urea groups is 1. The fourth-order valence-corrected chi connectivity index (χ4v) is 2.50. The molecule has 0 aliphatic heterocycles. The topological polar surface area (TPSA) is 35.6 Å². The molecule has 4 nitrogen and oxygen atoms in total. The van der Waals surface area contributed by atoms with E-state index in [9.17, 15) is 9.18 Å². The van der Waals surface area contributed by atoms with Crippen LogP contribution in [-0.2, 0) is 0 Å². The molecule has 0 atom stereocenters. The summed E-state index contributed by atoms with van der Waals surface area (Å²) >= 11 is 9.10. The molecule has 2 aromatic carbocycles. The number of nitrogens with one attached hydrogen (secondary N) is 1. The van der Waals surface area contributed by atoms with E-state index in [-0.39, 0.29) is 5.69 Å². The van der Waals surface area contributed by atoms with Crippen molar-refractivity contribution >= 4 is 44.9 Å². The maximum absolute atomic E-state index is 14.0. The number of hydrogen-bond donors (Lipinski definition) is 1. The third-order valence-corrected chi connectivity index (χ3v) is 4.07. The van der Waals surface area contributed by atoms with Crippen LogP contribution in [0.25, 0.3) is 0 Å². The van der Waals surface area contributed by atoms with E-state index < -0.39 is 11.8 Å². The van der Waals surface area contributed by atoms with Gasteiger partial charge in [-0.05, 0) is 56.6 Å². The Hall–Kier alpha value is -1.63. The van der Waals surface area contributed by atoms with Gasteiger partial charge in [0, 0.05) is 28.3 Å². The number of rotatable bonds is 5. The second kappa shape index (κ2) is 8.46. The SMILES string of the molecule is CN(C)CCN(C(=O)Nc1ccc(Br)cc1F)c1ccc(Cl)cc1. The molecule has 0 spiro atoms. The normalized spacial score (nSPS) is 10.8. The lowest BCUT2D eigenvalue weighted by Crippen LogP contribution is -2.39. The van der Waals surface area contributed by atoms with Gasteiger partial charge in [0.15, 0.2) is 0 Å². The number of likely N-dealkylation sites (N-methyl/N-ethyl adjacent to an activating group) is 1. The molecule has 0 saturated heterocycles. The Kier molecular flexibility index (Phi) is 6.60.